The summed E-state index contributed by atoms with van der Waals surface area (Å²) < 4.78 is 24.3. The van der Waals surface area contributed by atoms with Crippen molar-refractivity contribution in [3.8, 4) is 0 Å². The maximum atomic E-state index is 12.5. The van der Waals surface area contributed by atoms with Gasteiger partial charge in [0.05, 0.1) is 10.1 Å². The SMILES string of the molecule is CNC(=O)c1cccc(NC(=O)c2ccc(S(=O)(=O)C(C)C)cc2)c1C. The Morgan fingerprint density at radius 3 is 2.12 bits per heavy atom. The second-order valence-electron chi connectivity index (χ2n) is 6.13. The van der Waals surface area contributed by atoms with Gasteiger partial charge in [0.25, 0.3) is 11.8 Å². The van der Waals surface area contributed by atoms with E-state index >= 15 is 0 Å². The fourth-order valence-corrected chi connectivity index (χ4v) is 3.47. The number of benzene rings is 2. The average Bonchev–Trinajstić information content (AvgIpc) is 2.62. The summed E-state index contributed by atoms with van der Waals surface area (Å²) in [5, 5.41) is 4.78. The molecule has 0 radical (unpaired) electrons. The molecule has 0 aliphatic rings. The lowest BCUT2D eigenvalue weighted by atomic mass is 10.1. The van der Waals surface area contributed by atoms with Crippen LogP contribution in [0.3, 0.4) is 0 Å². The summed E-state index contributed by atoms with van der Waals surface area (Å²) in [5.74, 6) is -0.613. The van der Waals surface area contributed by atoms with E-state index in [0.29, 0.717) is 22.4 Å². The molecular weight excluding hydrogens is 352 g/mol. The van der Waals surface area contributed by atoms with Gasteiger partial charge in [-0.15, -0.1) is 0 Å². The minimum Gasteiger partial charge on any atom is -0.355 e. The number of sulfone groups is 1. The molecule has 2 aromatic carbocycles. The van der Waals surface area contributed by atoms with Crippen LogP contribution < -0.4 is 10.6 Å². The molecule has 138 valence electrons. The van der Waals surface area contributed by atoms with Crippen LogP contribution in [-0.4, -0.2) is 32.5 Å². The molecule has 6 nitrogen and oxygen atoms in total. The third-order valence-electron chi connectivity index (χ3n) is 4.12. The molecule has 0 aliphatic heterocycles. The van der Waals surface area contributed by atoms with Gasteiger partial charge in [0.1, 0.15) is 0 Å². The Hall–Kier alpha value is -2.67. The normalized spacial score (nSPS) is 11.3. The highest BCUT2D eigenvalue weighted by Crippen LogP contribution is 2.21. The van der Waals surface area contributed by atoms with E-state index in [2.05, 4.69) is 10.6 Å². The van der Waals surface area contributed by atoms with E-state index in [4.69, 9.17) is 0 Å². The average molecular weight is 374 g/mol. The Morgan fingerprint density at radius 2 is 1.58 bits per heavy atom. The molecule has 2 aromatic rings. The number of rotatable bonds is 5. The summed E-state index contributed by atoms with van der Waals surface area (Å²) >= 11 is 0. The van der Waals surface area contributed by atoms with Crippen molar-refractivity contribution < 1.29 is 18.0 Å². The van der Waals surface area contributed by atoms with Gasteiger partial charge < -0.3 is 10.6 Å². The molecule has 0 heterocycles. The number of hydrogen-bond donors (Lipinski definition) is 2. The molecule has 0 unspecified atom stereocenters. The first-order valence-corrected chi connectivity index (χ1v) is 9.70. The van der Waals surface area contributed by atoms with Crippen molar-refractivity contribution in [2.45, 2.75) is 30.9 Å². The number of amides is 2. The largest absolute Gasteiger partial charge is 0.355 e. The van der Waals surface area contributed by atoms with Crippen molar-refractivity contribution in [1.82, 2.24) is 5.32 Å². The predicted molar refractivity (Wildman–Crippen MR) is 101 cm³/mol. The van der Waals surface area contributed by atoms with Gasteiger partial charge in [-0.1, -0.05) is 6.07 Å². The summed E-state index contributed by atoms with van der Waals surface area (Å²) in [4.78, 5) is 24.5. The Labute approximate surface area is 153 Å². The zero-order chi connectivity index (χ0) is 19.5. The molecule has 0 saturated carbocycles. The molecule has 7 heteroatoms. The van der Waals surface area contributed by atoms with Gasteiger partial charge in [-0.3, -0.25) is 9.59 Å². The van der Waals surface area contributed by atoms with Gasteiger partial charge in [-0.05, 0) is 62.7 Å². The maximum Gasteiger partial charge on any atom is 0.255 e. The summed E-state index contributed by atoms with van der Waals surface area (Å²) in [6.45, 7) is 4.97. The van der Waals surface area contributed by atoms with E-state index in [1.54, 1.807) is 46.0 Å². The Morgan fingerprint density at radius 1 is 0.962 bits per heavy atom. The summed E-state index contributed by atoms with van der Waals surface area (Å²) in [6, 6.07) is 10.9. The first-order valence-electron chi connectivity index (χ1n) is 8.15. The number of carbonyl (C=O) groups is 2. The van der Waals surface area contributed by atoms with E-state index < -0.39 is 15.1 Å². The summed E-state index contributed by atoms with van der Waals surface area (Å²) in [6.07, 6.45) is 0. The van der Waals surface area contributed by atoms with Crippen LogP contribution in [0.25, 0.3) is 0 Å². The van der Waals surface area contributed by atoms with E-state index in [-0.39, 0.29) is 16.7 Å². The van der Waals surface area contributed by atoms with Crippen LogP contribution in [0.4, 0.5) is 5.69 Å². The lowest BCUT2D eigenvalue weighted by molar-refractivity contribution is 0.0960. The topological polar surface area (TPSA) is 92.3 Å². The molecule has 0 atom stereocenters. The smallest absolute Gasteiger partial charge is 0.255 e. The van der Waals surface area contributed by atoms with Crippen LogP contribution in [0.15, 0.2) is 47.4 Å². The van der Waals surface area contributed by atoms with Crippen LogP contribution in [0.2, 0.25) is 0 Å². The van der Waals surface area contributed by atoms with Gasteiger partial charge in [0.15, 0.2) is 9.84 Å². The molecular formula is C19H22N2O4S. The summed E-state index contributed by atoms with van der Waals surface area (Å²) in [5.41, 5.74) is 1.98. The molecule has 0 bridgehead atoms. The lowest BCUT2D eigenvalue weighted by Crippen LogP contribution is -2.20. The zero-order valence-corrected chi connectivity index (χ0v) is 16.0. The lowest BCUT2D eigenvalue weighted by Gasteiger charge is -2.12. The first kappa shape index (κ1) is 19.7. The monoisotopic (exact) mass is 374 g/mol. The number of anilines is 1. The predicted octanol–water partition coefficient (Wildman–Crippen LogP) is 2.79. The molecule has 0 aromatic heterocycles. The van der Waals surface area contributed by atoms with Crippen molar-refractivity contribution in [1.29, 1.82) is 0 Å². The minimum absolute atomic E-state index is 0.182. The number of hydrogen-bond acceptors (Lipinski definition) is 4. The van der Waals surface area contributed by atoms with Gasteiger partial charge in [-0.25, -0.2) is 8.42 Å². The molecule has 0 saturated heterocycles. The van der Waals surface area contributed by atoms with Crippen molar-refractivity contribution in [3.05, 3.63) is 59.2 Å². The maximum absolute atomic E-state index is 12.5. The molecule has 0 spiro atoms. The van der Waals surface area contributed by atoms with E-state index in [9.17, 15) is 18.0 Å². The fraction of sp³-hybridized carbons (Fsp3) is 0.263. The van der Waals surface area contributed by atoms with Crippen molar-refractivity contribution >= 4 is 27.3 Å². The quantitative estimate of drug-likeness (QED) is 0.842. The highest BCUT2D eigenvalue weighted by Gasteiger charge is 2.19. The van der Waals surface area contributed by atoms with Crippen LogP contribution in [0, 0.1) is 6.92 Å². The van der Waals surface area contributed by atoms with Crippen LogP contribution in [0.5, 0.6) is 0 Å². The standard InChI is InChI=1S/C19H22N2O4S/c1-12(2)26(24,25)15-10-8-14(9-11-15)18(22)21-17-7-5-6-16(13(17)3)19(23)20-4/h5-12H,1-4H3,(H,20,23)(H,21,22). The van der Waals surface area contributed by atoms with Crippen LogP contribution in [0.1, 0.15) is 40.1 Å². The molecule has 2 rings (SSSR count). The molecule has 0 aliphatic carbocycles. The highest BCUT2D eigenvalue weighted by atomic mass is 32.2. The van der Waals surface area contributed by atoms with Crippen LogP contribution in [-0.2, 0) is 9.84 Å². The number of nitrogens with one attached hydrogen (secondary N) is 2. The third-order valence-corrected chi connectivity index (χ3v) is 6.29. The Bertz CT molecular complexity index is 933. The second-order valence-corrected chi connectivity index (χ2v) is 8.63. The fourth-order valence-electron chi connectivity index (χ4n) is 2.41. The van der Waals surface area contributed by atoms with E-state index in [1.807, 2.05) is 0 Å². The Kier molecular flexibility index (Phi) is 5.82. The minimum atomic E-state index is -3.38. The Balaban J connectivity index is 2.25. The van der Waals surface area contributed by atoms with Crippen molar-refractivity contribution in [3.63, 3.8) is 0 Å². The van der Waals surface area contributed by atoms with E-state index in [1.165, 1.54) is 24.3 Å². The molecule has 0 fully saturated rings. The molecule has 2 amide bonds. The van der Waals surface area contributed by atoms with Crippen LogP contribution >= 0.6 is 0 Å². The van der Waals surface area contributed by atoms with Crippen molar-refractivity contribution in [2.24, 2.45) is 0 Å². The summed E-state index contributed by atoms with van der Waals surface area (Å²) in [7, 11) is -1.84. The molecule has 26 heavy (non-hydrogen) atoms. The van der Waals surface area contributed by atoms with E-state index in [0.717, 1.165) is 0 Å². The van der Waals surface area contributed by atoms with Gasteiger partial charge in [0, 0.05) is 23.9 Å². The third kappa shape index (κ3) is 3.94. The first-order chi connectivity index (χ1) is 12.2. The second kappa shape index (κ2) is 7.70. The van der Waals surface area contributed by atoms with Gasteiger partial charge >= 0.3 is 0 Å². The van der Waals surface area contributed by atoms with Crippen molar-refractivity contribution in [2.75, 3.05) is 12.4 Å². The highest BCUT2D eigenvalue weighted by molar-refractivity contribution is 7.92. The van der Waals surface area contributed by atoms with Gasteiger partial charge in [0.2, 0.25) is 0 Å². The number of carbonyl (C=O) groups excluding carboxylic acids is 2. The molecule has 2 N–H and O–H groups in total. The zero-order valence-electron chi connectivity index (χ0n) is 15.2. The van der Waals surface area contributed by atoms with Gasteiger partial charge in [-0.2, -0.15) is 0 Å².